The lowest BCUT2D eigenvalue weighted by molar-refractivity contribution is 0.650. The van der Waals surface area contributed by atoms with E-state index in [1.807, 2.05) is 29.2 Å². The van der Waals surface area contributed by atoms with Crippen molar-refractivity contribution in [3.05, 3.63) is 48.5 Å². The Hall–Kier alpha value is -2.30. The number of rotatable bonds is 6. The second-order valence-electron chi connectivity index (χ2n) is 4.60. The third kappa shape index (κ3) is 4.42. The lowest BCUT2D eigenvalue weighted by Gasteiger charge is -2.07. The monoisotopic (exact) mass is 271 g/mol. The van der Waals surface area contributed by atoms with E-state index in [-0.39, 0.29) is 0 Å². The molecule has 0 radical (unpaired) electrons. The molecule has 2 rings (SSSR count). The Kier molecular flexibility index (Phi) is 5.17. The Morgan fingerprint density at radius 3 is 3.10 bits per heavy atom. The zero-order valence-corrected chi connectivity index (χ0v) is 11.8. The van der Waals surface area contributed by atoms with Crippen molar-refractivity contribution in [1.82, 2.24) is 9.55 Å². The molecule has 1 heterocycles. The molecule has 0 fully saturated rings. The Morgan fingerprint density at radius 2 is 2.35 bits per heavy atom. The molecule has 0 aliphatic rings. The van der Waals surface area contributed by atoms with E-state index in [4.69, 9.17) is 5.73 Å². The highest BCUT2D eigenvalue weighted by Crippen LogP contribution is 2.10. The van der Waals surface area contributed by atoms with E-state index in [1.54, 1.807) is 6.20 Å². The molecule has 0 bridgehead atoms. The van der Waals surface area contributed by atoms with Crippen LogP contribution in [0.3, 0.4) is 0 Å². The van der Waals surface area contributed by atoms with Gasteiger partial charge in [0.05, 0.1) is 6.33 Å². The van der Waals surface area contributed by atoms with Crippen LogP contribution in [0.2, 0.25) is 0 Å². The molecule has 5 heteroatoms. The van der Waals surface area contributed by atoms with Gasteiger partial charge < -0.3 is 15.6 Å². The molecule has 0 atom stereocenters. The van der Waals surface area contributed by atoms with Gasteiger partial charge in [-0.3, -0.25) is 4.99 Å². The van der Waals surface area contributed by atoms with Crippen LogP contribution in [0.25, 0.3) is 0 Å². The minimum absolute atomic E-state index is 0.462. The maximum atomic E-state index is 5.88. The summed E-state index contributed by atoms with van der Waals surface area (Å²) in [5, 5.41) is 3.12. The molecule has 1 aromatic heterocycles. The van der Waals surface area contributed by atoms with Crippen molar-refractivity contribution in [3.63, 3.8) is 0 Å². The third-order valence-electron chi connectivity index (χ3n) is 3.02. The summed E-state index contributed by atoms with van der Waals surface area (Å²) in [6.45, 7) is 3.74. The van der Waals surface area contributed by atoms with Gasteiger partial charge in [-0.2, -0.15) is 0 Å². The highest BCUT2D eigenvalue weighted by Gasteiger charge is 1.96. The maximum Gasteiger partial charge on any atom is 0.193 e. The van der Waals surface area contributed by atoms with Crippen LogP contribution in [0.4, 0.5) is 5.69 Å². The van der Waals surface area contributed by atoms with Gasteiger partial charge in [-0.05, 0) is 30.5 Å². The number of benzene rings is 1. The number of aryl methyl sites for hydroxylation is 2. The molecule has 0 saturated heterocycles. The summed E-state index contributed by atoms with van der Waals surface area (Å²) in [5.74, 6) is 0.462. The first-order chi connectivity index (χ1) is 9.78. The molecular formula is C15H21N5. The van der Waals surface area contributed by atoms with E-state index in [2.05, 4.69) is 34.3 Å². The predicted molar refractivity (Wildman–Crippen MR) is 82.8 cm³/mol. The number of imidazole rings is 1. The largest absolute Gasteiger partial charge is 0.370 e. The minimum atomic E-state index is 0.462. The van der Waals surface area contributed by atoms with Gasteiger partial charge >= 0.3 is 0 Å². The number of anilines is 1. The molecule has 2 aromatic rings. The van der Waals surface area contributed by atoms with Crippen molar-refractivity contribution in [2.45, 2.75) is 26.3 Å². The second kappa shape index (κ2) is 7.33. The average molecular weight is 271 g/mol. The summed E-state index contributed by atoms with van der Waals surface area (Å²) in [4.78, 5) is 8.32. The number of nitrogens with one attached hydrogen (secondary N) is 1. The lowest BCUT2D eigenvalue weighted by atomic mass is 10.1. The molecule has 1 aromatic carbocycles. The number of guanidine groups is 1. The van der Waals surface area contributed by atoms with Crippen LogP contribution in [0.15, 0.2) is 48.0 Å². The molecule has 5 nitrogen and oxygen atoms in total. The summed E-state index contributed by atoms with van der Waals surface area (Å²) in [7, 11) is 0. The molecule has 0 aliphatic heterocycles. The number of nitrogens with two attached hydrogens (primary N) is 1. The molecule has 106 valence electrons. The second-order valence-corrected chi connectivity index (χ2v) is 4.60. The van der Waals surface area contributed by atoms with Crippen LogP contribution in [-0.4, -0.2) is 22.1 Å². The SMILES string of the molecule is CCc1cccc(NC(N)=NCCCn2ccnc2)c1. The van der Waals surface area contributed by atoms with Gasteiger partial charge in [-0.25, -0.2) is 4.98 Å². The Bertz CT molecular complexity index is 545. The number of aliphatic imine (C=N–C) groups is 1. The first-order valence-electron chi connectivity index (χ1n) is 6.89. The van der Waals surface area contributed by atoms with E-state index in [9.17, 15) is 0 Å². The van der Waals surface area contributed by atoms with Crippen molar-refractivity contribution >= 4 is 11.6 Å². The normalized spacial score (nSPS) is 11.6. The van der Waals surface area contributed by atoms with Gasteiger partial charge in [0.25, 0.3) is 0 Å². The van der Waals surface area contributed by atoms with Crippen molar-refractivity contribution in [2.75, 3.05) is 11.9 Å². The van der Waals surface area contributed by atoms with Gasteiger partial charge in [0.15, 0.2) is 5.96 Å². The Morgan fingerprint density at radius 1 is 1.45 bits per heavy atom. The lowest BCUT2D eigenvalue weighted by Crippen LogP contribution is -2.23. The summed E-state index contributed by atoms with van der Waals surface area (Å²) < 4.78 is 2.03. The summed E-state index contributed by atoms with van der Waals surface area (Å²) in [6, 6.07) is 8.21. The van der Waals surface area contributed by atoms with Gasteiger partial charge in [0.2, 0.25) is 0 Å². The Balaban J connectivity index is 1.78. The van der Waals surface area contributed by atoms with E-state index < -0.39 is 0 Å². The van der Waals surface area contributed by atoms with Gasteiger partial charge in [-0.1, -0.05) is 19.1 Å². The quantitative estimate of drug-likeness (QED) is 0.481. The van der Waals surface area contributed by atoms with E-state index in [0.717, 1.165) is 25.1 Å². The predicted octanol–water partition coefficient (Wildman–Crippen LogP) is 2.26. The van der Waals surface area contributed by atoms with Crippen molar-refractivity contribution in [2.24, 2.45) is 10.7 Å². The van der Waals surface area contributed by atoms with Crippen molar-refractivity contribution in [1.29, 1.82) is 0 Å². The minimum Gasteiger partial charge on any atom is -0.370 e. The zero-order chi connectivity index (χ0) is 14.2. The number of hydrogen-bond donors (Lipinski definition) is 2. The topological polar surface area (TPSA) is 68.2 Å². The van der Waals surface area contributed by atoms with E-state index >= 15 is 0 Å². The maximum absolute atomic E-state index is 5.88. The van der Waals surface area contributed by atoms with Crippen molar-refractivity contribution < 1.29 is 0 Å². The number of nitrogens with zero attached hydrogens (tertiary/aromatic N) is 3. The molecule has 0 unspecified atom stereocenters. The fourth-order valence-corrected chi connectivity index (χ4v) is 1.93. The average Bonchev–Trinajstić information content (AvgIpc) is 2.97. The highest BCUT2D eigenvalue weighted by molar-refractivity contribution is 5.92. The highest BCUT2D eigenvalue weighted by atomic mass is 15.1. The van der Waals surface area contributed by atoms with Crippen LogP contribution < -0.4 is 11.1 Å². The summed E-state index contributed by atoms with van der Waals surface area (Å²) >= 11 is 0. The summed E-state index contributed by atoms with van der Waals surface area (Å²) in [5.41, 5.74) is 8.14. The standard InChI is InChI=1S/C15H21N5/c1-2-13-5-3-6-14(11-13)19-15(16)18-7-4-9-20-10-8-17-12-20/h3,5-6,8,10-12H,2,4,7,9H2,1H3,(H3,16,18,19). The number of hydrogen-bond acceptors (Lipinski definition) is 2. The fourth-order valence-electron chi connectivity index (χ4n) is 1.93. The van der Waals surface area contributed by atoms with Gasteiger partial charge in [0.1, 0.15) is 0 Å². The first kappa shape index (κ1) is 14.1. The van der Waals surface area contributed by atoms with Gasteiger partial charge in [0, 0.05) is 31.2 Å². The van der Waals surface area contributed by atoms with E-state index in [1.165, 1.54) is 5.56 Å². The van der Waals surface area contributed by atoms with Crippen LogP contribution in [-0.2, 0) is 13.0 Å². The van der Waals surface area contributed by atoms with Crippen LogP contribution in [0, 0.1) is 0 Å². The van der Waals surface area contributed by atoms with Crippen LogP contribution in [0.5, 0.6) is 0 Å². The molecular weight excluding hydrogens is 250 g/mol. The third-order valence-corrected chi connectivity index (χ3v) is 3.02. The number of aromatic nitrogens is 2. The van der Waals surface area contributed by atoms with Gasteiger partial charge in [-0.15, -0.1) is 0 Å². The summed E-state index contributed by atoms with van der Waals surface area (Å²) in [6.07, 6.45) is 7.48. The van der Waals surface area contributed by atoms with Crippen molar-refractivity contribution in [3.8, 4) is 0 Å². The zero-order valence-electron chi connectivity index (χ0n) is 11.8. The van der Waals surface area contributed by atoms with Crippen LogP contribution in [0.1, 0.15) is 18.9 Å². The van der Waals surface area contributed by atoms with Crippen LogP contribution >= 0.6 is 0 Å². The molecule has 0 saturated carbocycles. The van der Waals surface area contributed by atoms with E-state index in [0.29, 0.717) is 12.5 Å². The molecule has 0 amide bonds. The molecule has 0 aliphatic carbocycles. The molecule has 0 spiro atoms. The first-order valence-corrected chi connectivity index (χ1v) is 6.89. The fraction of sp³-hybridized carbons (Fsp3) is 0.333. The Labute approximate surface area is 119 Å². The molecule has 3 N–H and O–H groups in total. The molecule has 20 heavy (non-hydrogen) atoms. The smallest absolute Gasteiger partial charge is 0.193 e.